The third-order valence-corrected chi connectivity index (χ3v) is 4.58. The van der Waals surface area contributed by atoms with Crippen LogP contribution < -0.4 is 5.30 Å². The quantitative estimate of drug-likeness (QED) is 0.518. The van der Waals surface area contributed by atoms with Gasteiger partial charge in [-0.15, -0.1) is 0 Å². The Morgan fingerprint density at radius 2 is 1.47 bits per heavy atom. The number of allylic oxidation sites excluding steroid dienone is 4. The maximum absolute atomic E-state index is 2.28. The average Bonchev–Trinajstić information content (AvgIpc) is 2.30. The Labute approximate surface area is 94.5 Å². The van der Waals surface area contributed by atoms with E-state index in [0.717, 1.165) is 0 Å². The Morgan fingerprint density at radius 1 is 0.933 bits per heavy atom. The molecule has 0 bridgehead atoms. The zero-order valence-electron chi connectivity index (χ0n) is 9.56. The minimum absolute atomic E-state index is 0.0412. The average molecular weight is 218 g/mol. The molecule has 1 heteroatoms. The van der Waals surface area contributed by atoms with Gasteiger partial charge in [0.2, 0.25) is 0 Å². The SMILES string of the molecule is C/C=C\CP(C/C=C\C)c1ccccc1. The van der Waals surface area contributed by atoms with Crippen molar-refractivity contribution in [2.45, 2.75) is 13.8 Å². The Morgan fingerprint density at radius 3 is 1.93 bits per heavy atom. The van der Waals surface area contributed by atoms with Gasteiger partial charge in [-0.1, -0.05) is 62.6 Å². The summed E-state index contributed by atoms with van der Waals surface area (Å²) in [7, 11) is -0.0412. The molecule has 1 rings (SSSR count). The lowest BCUT2D eigenvalue weighted by atomic mass is 10.4. The third kappa shape index (κ3) is 4.44. The van der Waals surface area contributed by atoms with Crippen LogP contribution in [0.4, 0.5) is 0 Å². The van der Waals surface area contributed by atoms with E-state index in [0.29, 0.717) is 0 Å². The summed E-state index contributed by atoms with van der Waals surface area (Å²) in [6.07, 6.45) is 11.2. The highest BCUT2D eigenvalue weighted by molar-refractivity contribution is 7.65. The molecule has 0 atom stereocenters. The topological polar surface area (TPSA) is 0 Å². The Hall–Kier alpha value is -0.870. The van der Waals surface area contributed by atoms with Crippen LogP contribution in [-0.4, -0.2) is 12.3 Å². The molecular formula is C14H19P. The first kappa shape index (κ1) is 12.2. The molecule has 0 aliphatic carbocycles. The lowest BCUT2D eigenvalue weighted by molar-refractivity contribution is 1.58. The van der Waals surface area contributed by atoms with Gasteiger partial charge in [-0.2, -0.15) is 0 Å². The van der Waals surface area contributed by atoms with Gasteiger partial charge in [-0.05, 0) is 31.5 Å². The molecular weight excluding hydrogens is 199 g/mol. The summed E-state index contributed by atoms with van der Waals surface area (Å²) in [5, 5.41) is 1.50. The second kappa shape index (κ2) is 7.43. The predicted octanol–water partition coefficient (Wildman–Crippen LogP) is 3.95. The highest BCUT2D eigenvalue weighted by Crippen LogP contribution is 2.34. The van der Waals surface area contributed by atoms with Gasteiger partial charge in [-0.25, -0.2) is 0 Å². The zero-order valence-corrected chi connectivity index (χ0v) is 10.5. The molecule has 0 nitrogen and oxygen atoms in total. The van der Waals surface area contributed by atoms with Crippen molar-refractivity contribution >= 4 is 13.2 Å². The molecule has 0 unspecified atom stereocenters. The number of benzene rings is 1. The highest BCUT2D eigenvalue weighted by atomic mass is 31.1. The first-order chi connectivity index (χ1) is 7.38. The molecule has 0 heterocycles. The minimum Gasteiger partial charge on any atom is -0.0913 e. The molecule has 0 aliphatic heterocycles. The summed E-state index contributed by atoms with van der Waals surface area (Å²) in [6, 6.07) is 10.9. The highest BCUT2D eigenvalue weighted by Gasteiger charge is 2.05. The van der Waals surface area contributed by atoms with E-state index in [9.17, 15) is 0 Å². The summed E-state index contributed by atoms with van der Waals surface area (Å²) in [5.41, 5.74) is 0. The molecule has 1 aromatic rings. The fourth-order valence-electron chi connectivity index (χ4n) is 1.39. The van der Waals surface area contributed by atoms with E-state index in [1.807, 2.05) is 0 Å². The summed E-state index contributed by atoms with van der Waals surface area (Å²) >= 11 is 0. The lowest BCUT2D eigenvalue weighted by Gasteiger charge is -2.13. The van der Waals surface area contributed by atoms with Gasteiger partial charge in [0.25, 0.3) is 0 Å². The monoisotopic (exact) mass is 218 g/mol. The smallest absolute Gasteiger partial charge is 0.0102 e. The van der Waals surface area contributed by atoms with Crippen molar-refractivity contribution in [1.82, 2.24) is 0 Å². The van der Waals surface area contributed by atoms with Crippen molar-refractivity contribution in [1.29, 1.82) is 0 Å². The molecule has 15 heavy (non-hydrogen) atoms. The van der Waals surface area contributed by atoms with Crippen molar-refractivity contribution < 1.29 is 0 Å². The predicted molar refractivity (Wildman–Crippen MR) is 72.4 cm³/mol. The van der Waals surface area contributed by atoms with Crippen LogP contribution in [0.2, 0.25) is 0 Å². The van der Waals surface area contributed by atoms with Gasteiger partial charge < -0.3 is 0 Å². The molecule has 0 amide bonds. The molecule has 0 aromatic heterocycles. The Balaban J connectivity index is 2.71. The van der Waals surface area contributed by atoms with Crippen LogP contribution in [0.15, 0.2) is 54.6 Å². The van der Waals surface area contributed by atoms with E-state index in [1.54, 1.807) is 0 Å². The van der Waals surface area contributed by atoms with Gasteiger partial charge in [0.15, 0.2) is 0 Å². The molecule has 0 radical (unpaired) electrons. The van der Waals surface area contributed by atoms with E-state index in [2.05, 4.69) is 68.5 Å². The first-order valence-electron chi connectivity index (χ1n) is 5.40. The molecule has 1 aromatic carbocycles. The molecule has 0 N–H and O–H groups in total. The number of rotatable bonds is 5. The molecule has 0 fully saturated rings. The van der Waals surface area contributed by atoms with Gasteiger partial charge in [-0.3, -0.25) is 0 Å². The van der Waals surface area contributed by atoms with Gasteiger partial charge in [0.05, 0.1) is 0 Å². The van der Waals surface area contributed by atoms with Crippen LogP contribution in [0.5, 0.6) is 0 Å². The normalized spacial score (nSPS) is 11.9. The minimum atomic E-state index is -0.0412. The number of hydrogen-bond donors (Lipinski definition) is 0. The van der Waals surface area contributed by atoms with Gasteiger partial charge >= 0.3 is 0 Å². The fraction of sp³-hybridized carbons (Fsp3) is 0.286. The van der Waals surface area contributed by atoms with E-state index in [1.165, 1.54) is 17.6 Å². The zero-order chi connectivity index (χ0) is 10.9. The maximum atomic E-state index is 2.28. The Kier molecular flexibility index (Phi) is 6.04. The summed E-state index contributed by atoms with van der Waals surface area (Å²) in [4.78, 5) is 0. The standard InChI is InChI=1S/C14H19P/c1-3-5-12-15(13-6-4-2)14-10-8-7-9-11-14/h3-11H,12-13H2,1-2H3/b5-3-,6-4-. The van der Waals surface area contributed by atoms with E-state index in [-0.39, 0.29) is 7.92 Å². The second-order valence-corrected chi connectivity index (χ2v) is 5.70. The van der Waals surface area contributed by atoms with Crippen molar-refractivity contribution in [3.05, 3.63) is 54.6 Å². The van der Waals surface area contributed by atoms with Crippen molar-refractivity contribution in [3.8, 4) is 0 Å². The number of hydrogen-bond acceptors (Lipinski definition) is 0. The molecule has 80 valence electrons. The van der Waals surface area contributed by atoms with Gasteiger partial charge in [0, 0.05) is 0 Å². The van der Waals surface area contributed by atoms with Crippen molar-refractivity contribution in [3.63, 3.8) is 0 Å². The van der Waals surface area contributed by atoms with Crippen LogP contribution >= 0.6 is 7.92 Å². The van der Waals surface area contributed by atoms with Crippen LogP contribution in [0, 0.1) is 0 Å². The second-order valence-electron chi connectivity index (χ2n) is 3.38. The fourth-order valence-corrected chi connectivity index (χ4v) is 3.48. The maximum Gasteiger partial charge on any atom is -0.0102 e. The summed E-state index contributed by atoms with van der Waals surface area (Å²) in [5.74, 6) is 0. The van der Waals surface area contributed by atoms with E-state index < -0.39 is 0 Å². The summed E-state index contributed by atoms with van der Waals surface area (Å²) < 4.78 is 0. The molecule has 0 spiro atoms. The lowest BCUT2D eigenvalue weighted by Crippen LogP contribution is -2.03. The first-order valence-corrected chi connectivity index (χ1v) is 7.12. The molecule has 0 saturated carbocycles. The van der Waals surface area contributed by atoms with Crippen LogP contribution in [-0.2, 0) is 0 Å². The largest absolute Gasteiger partial charge is 0.0913 e. The van der Waals surface area contributed by atoms with E-state index >= 15 is 0 Å². The van der Waals surface area contributed by atoms with Crippen LogP contribution in [0.25, 0.3) is 0 Å². The van der Waals surface area contributed by atoms with E-state index in [4.69, 9.17) is 0 Å². The van der Waals surface area contributed by atoms with Crippen molar-refractivity contribution in [2.24, 2.45) is 0 Å². The van der Waals surface area contributed by atoms with Gasteiger partial charge in [0.1, 0.15) is 0 Å². The molecule has 0 aliphatic rings. The summed E-state index contributed by atoms with van der Waals surface area (Å²) in [6.45, 7) is 4.18. The van der Waals surface area contributed by atoms with Crippen LogP contribution in [0.1, 0.15) is 13.8 Å². The Bertz CT molecular complexity index is 297. The third-order valence-electron chi connectivity index (χ3n) is 2.24. The van der Waals surface area contributed by atoms with Crippen molar-refractivity contribution in [2.75, 3.05) is 12.3 Å². The van der Waals surface area contributed by atoms with Crippen LogP contribution in [0.3, 0.4) is 0 Å². The molecule has 0 saturated heterocycles.